The molecule has 1 aromatic carbocycles. The van der Waals surface area contributed by atoms with Gasteiger partial charge in [-0.3, -0.25) is 4.79 Å². The van der Waals surface area contributed by atoms with Gasteiger partial charge in [0.15, 0.2) is 0 Å². The van der Waals surface area contributed by atoms with Crippen LogP contribution in [0.5, 0.6) is 5.75 Å². The lowest BCUT2D eigenvalue weighted by molar-refractivity contribution is -0.142. The molecule has 0 spiro atoms. The van der Waals surface area contributed by atoms with Gasteiger partial charge in [0, 0.05) is 13.0 Å². The van der Waals surface area contributed by atoms with Crippen molar-refractivity contribution in [1.29, 1.82) is 0 Å². The van der Waals surface area contributed by atoms with Crippen LogP contribution in [0.15, 0.2) is 24.3 Å². The predicted molar refractivity (Wildman–Crippen MR) is 80.8 cm³/mol. The summed E-state index contributed by atoms with van der Waals surface area (Å²) < 4.78 is 10.8. The molecule has 1 aromatic rings. The second kappa shape index (κ2) is 8.03. The molecule has 0 saturated heterocycles. The van der Waals surface area contributed by atoms with E-state index in [-0.39, 0.29) is 11.8 Å². The van der Waals surface area contributed by atoms with Crippen LogP contribution in [-0.2, 0) is 9.53 Å². The third-order valence-electron chi connectivity index (χ3n) is 4.20. The molecule has 0 aliphatic heterocycles. The van der Waals surface area contributed by atoms with Crippen LogP contribution in [0.4, 0.5) is 0 Å². The third kappa shape index (κ3) is 4.21. The highest BCUT2D eigenvalue weighted by Gasteiger charge is 2.32. The number of para-hydroxylation sites is 1. The Bertz CT molecular complexity index is 458. The Morgan fingerprint density at radius 2 is 1.95 bits per heavy atom. The number of carboxylic acid groups (broad SMARTS) is 1. The summed E-state index contributed by atoms with van der Waals surface area (Å²) in [5.74, 6) is -0.148. The van der Waals surface area contributed by atoms with E-state index in [9.17, 15) is 9.90 Å². The Morgan fingerprint density at radius 1 is 1.19 bits per heavy atom. The molecule has 0 heterocycles. The van der Waals surface area contributed by atoms with E-state index < -0.39 is 5.97 Å². The van der Waals surface area contributed by atoms with Gasteiger partial charge in [0.1, 0.15) is 12.4 Å². The number of rotatable bonds is 6. The van der Waals surface area contributed by atoms with Crippen LogP contribution < -0.4 is 4.74 Å². The summed E-state index contributed by atoms with van der Waals surface area (Å²) in [6, 6.07) is 7.82. The van der Waals surface area contributed by atoms with Crippen molar-refractivity contribution < 1.29 is 19.4 Å². The van der Waals surface area contributed by atoms with Gasteiger partial charge in [-0.1, -0.05) is 37.5 Å². The van der Waals surface area contributed by atoms with Crippen LogP contribution in [0.25, 0.3) is 0 Å². The van der Waals surface area contributed by atoms with Crippen molar-refractivity contribution in [2.24, 2.45) is 5.92 Å². The van der Waals surface area contributed by atoms with Crippen LogP contribution >= 0.6 is 0 Å². The van der Waals surface area contributed by atoms with E-state index in [1.54, 1.807) is 7.11 Å². The molecular weight excluding hydrogens is 268 g/mol. The number of carbonyl (C=O) groups is 1. The molecule has 2 rings (SSSR count). The number of carboxylic acids is 1. The Hall–Kier alpha value is -1.55. The third-order valence-corrected chi connectivity index (χ3v) is 4.20. The second-order valence-electron chi connectivity index (χ2n) is 5.57. The molecule has 1 aliphatic carbocycles. The van der Waals surface area contributed by atoms with Crippen LogP contribution in [0.1, 0.15) is 43.6 Å². The van der Waals surface area contributed by atoms with Crippen molar-refractivity contribution in [2.75, 3.05) is 20.3 Å². The molecule has 21 heavy (non-hydrogen) atoms. The van der Waals surface area contributed by atoms with Crippen molar-refractivity contribution in [3.8, 4) is 5.75 Å². The topological polar surface area (TPSA) is 55.8 Å². The number of hydrogen-bond acceptors (Lipinski definition) is 3. The lowest BCUT2D eigenvalue weighted by atomic mass is 9.82. The molecule has 116 valence electrons. The summed E-state index contributed by atoms with van der Waals surface area (Å²) in [5, 5.41) is 9.54. The standard InChI is InChI=1S/C17H24O4/c1-20-11-12-21-16-10-6-5-8-14(16)13-7-3-2-4-9-15(13)17(18)19/h5-6,8,10,13,15H,2-4,7,9,11-12H2,1H3,(H,18,19). The lowest BCUT2D eigenvalue weighted by Gasteiger charge is -2.24. The molecule has 0 amide bonds. The average molecular weight is 292 g/mol. The Morgan fingerprint density at radius 3 is 2.71 bits per heavy atom. The lowest BCUT2D eigenvalue weighted by Crippen LogP contribution is -2.22. The first-order valence-electron chi connectivity index (χ1n) is 7.67. The van der Waals surface area contributed by atoms with Crippen molar-refractivity contribution in [2.45, 2.75) is 38.0 Å². The summed E-state index contributed by atoms with van der Waals surface area (Å²) in [5.41, 5.74) is 1.03. The zero-order valence-electron chi connectivity index (χ0n) is 12.6. The highest BCUT2D eigenvalue weighted by Crippen LogP contribution is 2.40. The monoisotopic (exact) mass is 292 g/mol. The van der Waals surface area contributed by atoms with Crippen molar-refractivity contribution in [1.82, 2.24) is 0 Å². The van der Waals surface area contributed by atoms with E-state index in [4.69, 9.17) is 9.47 Å². The van der Waals surface area contributed by atoms with Gasteiger partial charge in [0.05, 0.1) is 12.5 Å². The number of hydrogen-bond donors (Lipinski definition) is 1. The maximum atomic E-state index is 11.6. The molecular formula is C17H24O4. The first kappa shape index (κ1) is 15.8. The highest BCUT2D eigenvalue weighted by atomic mass is 16.5. The van der Waals surface area contributed by atoms with E-state index >= 15 is 0 Å². The fraction of sp³-hybridized carbons (Fsp3) is 0.588. The summed E-state index contributed by atoms with van der Waals surface area (Å²) in [4.78, 5) is 11.6. The van der Waals surface area contributed by atoms with E-state index in [0.29, 0.717) is 13.2 Å². The number of methoxy groups -OCH3 is 1. The number of benzene rings is 1. The fourth-order valence-electron chi connectivity index (χ4n) is 3.13. The van der Waals surface area contributed by atoms with Crippen LogP contribution in [0, 0.1) is 5.92 Å². The summed E-state index contributed by atoms with van der Waals surface area (Å²) in [7, 11) is 1.64. The molecule has 1 aliphatic rings. The Labute approximate surface area is 126 Å². The molecule has 1 saturated carbocycles. The van der Waals surface area contributed by atoms with Gasteiger partial charge < -0.3 is 14.6 Å². The first-order valence-corrected chi connectivity index (χ1v) is 7.67. The predicted octanol–water partition coefficient (Wildman–Crippen LogP) is 3.46. The van der Waals surface area contributed by atoms with Crippen LogP contribution in [0.2, 0.25) is 0 Å². The molecule has 0 radical (unpaired) electrons. The van der Waals surface area contributed by atoms with Crippen LogP contribution in [-0.4, -0.2) is 31.4 Å². The second-order valence-corrected chi connectivity index (χ2v) is 5.57. The minimum atomic E-state index is -0.686. The van der Waals surface area contributed by atoms with Gasteiger partial charge >= 0.3 is 5.97 Å². The number of aliphatic carboxylic acids is 1. The van der Waals surface area contributed by atoms with Gasteiger partial charge in [0.25, 0.3) is 0 Å². The normalized spacial score (nSPS) is 22.5. The van der Waals surface area contributed by atoms with Gasteiger partial charge in [0.2, 0.25) is 0 Å². The zero-order valence-corrected chi connectivity index (χ0v) is 12.6. The SMILES string of the molecule is COCCOc1ccccc1C1CCCCCC1C(=O)O. The van der Waals surface area contributed by atoms with Gasteiger partial charge in [-0.25, -0.2) is 0 Å². The van der Waals surface area contributed by atoms with Gasteiger partial charge in [-0.05, 0) is 24.5 Å². The van der Waals surface area contributed by atoms with E-state index in [2.05, 4.69) is 0 Å². The Balaban J connectivity index is 2.22. The van der Waals surface area contributed by atoms with E-state index in [0.717, 1.165) is 43.4 Å². The van der Waals surface area contributed by atoms with Gasteiger partial charge in [-0.2, -0.15) is 0 Å². The molecule has 0 aromatic heterocycles. The van der Waals surface area contributed by atoms with Gasteiger partial charge in [-0.15, -0.1) is 0 Å². The van der Waals surface area contributed by atoms with E-state index in [1.807, 2.05) is 24.3 Å². The maximum absolute atomic E-state index is 11.6. The molecule has 2 atom stereocenters. The highest BCUT2D eigenvalue weighted by molar-refractivity contribution is 5.71. The van der Waals surface area contributed by atoms with Crippen LogP contribution in [0.3, 0.4) is 0 Å². The summed E-state index contributed by atoms with van der Waals surface area (Å²) in [6.45, 7) is 1.01. The van der Waals surface area contributed by atoms with Crippen molar-refractivity contribution in [3.05, 3.63) is 29.8 Å². The van der Waals surface area contributed by atoms with Crippen molar-refractivity contribution >= 4 is 5.97 Å². The fourth-order valence-corrected chi connectivity index (χ4v) is 3.13. The zero-order chi connectivity index (χ0) is 15.1. The minimum Gasteiger partial charge on any atom is -0.491 e. The smallest absolute Gasteiger partial charge is 0.307 e. The first-order chi connectivity index (χ1) is 10.2. The molecule has 0 bridgehead atoms. The molecule has 1 N–H and O–H groups in total. The summed E-state index contributed by atoms with van der Waals surface area (Å²) in [6.07, 6.45) is 4.88. The summed E-state index contributed by atoms with van der Waals surface area (Å²) >= 11 is 0. The molecule has 4 nitrogen and oxygen atoms in total. The minimum absolute atomic E-state index is 0.0451. The molecule has 2 unspecified atom stereocenters. The number of ether oxygens (including phenoxy) is 2. The molecule has 1 fully saturated rings. The van der Waals surface area contributed by atoms with Crippen molar-refractivity contribution in [3.63, 3.8) is 0 Å². The molecule has 4 heteroatoms. The average Bonchev–Trinajstić information content (AvgIpc) is 2.74. The maximum Gasteiger partial charge on any atom is 0.307 e. The largest absolute Gasteiger partial charge is 0.491 e. The van der Waals surface area contributed by atoms with E-state index in [1.165, 1.54) is 0 Å². The quantitative estimate of drug-likeness (QED) is 0.644. The Kier molecular flexibility index (Phi) is 6.05.